The summed E-state index contributed by atoms with van der Waals surface area (Å²) in [6.07, 6.45) is 4.10. The molecule has 0 aromatic heterocycles. The van der Waals surface area contributed by atoms with Crippen LogP contribution in [0.5, 0.6) is 11.5 Å². The maximum absolute atomic E-state index is 14.4. The van der Waals surface area contributed by atoms with Crippen molar-refractivity contribution in [3.8, 4) is 11.5 Å². The molecule has 0 spiro atoms. The molecular weight excluding hydrogens is 625 g/mol. The van der Waals surface area contributed by atoms with Crippen molar-refractivity contribution in [2.75, 3.05) is 25.1 Å². The minimum absolute atomic E-state index is 0.0176. The Kier molecular flexibility index (Phi) is 11.4. The maximum atomic E-state index is 14.4. The van der Waals surface area contributed by atoms with Gasteiger partial charge in [-0.2, -0.15) is 0 Å². The predicted molar refractivity (Wildman–Crippen MR) is 172 cm³/mol. The molecule has 1 fully saturated rings. The van der Waals surface area contributed by atoms with Crippen LogP contribution in [0.1, 0.15) is 44.6 Å². The monoisotopic (exact) mass is 661 g/mol. The first kappa shape index (κ1) is 33.4. The molecule has 1 N–H and O–H groups in total. The zero-order valence-electron chi connectivity index (χ0n) is 25.0. The molecule has 0 radical (unpaired) electrons. The Morgan fingerprint density at radius 2 is 1.68 bits per heavy atom. The van der Waals surface area contributed by atoms with E-state index in [1.807, 2.05) is 6.92 Å². The lowest BCUT2D eigenvalue weighted by atomic mass is 10.1. The number of benzene rings is 3. The highest BCUT2D eigenvalue weighted by Crippen LogP contribution is 2.36. The van der Waals surface area contributed by atoms with Gasteiger partial charge in [-0.3, -0.25) is 13.9 Å². The Morgan fingerprint density at radius 1 is 0.977 bits per heavy atom. The molecule has 1 aliphatic rings. The fourth-order valence-corrected chi connectivity index (χ4v) is 7.25. The molecule has 0 aliphatic heterocycles. The van der Waals surface area contributed by atoms with Crippen molar-refractivity contribution in [2.45, 2.75) is 62.6 Å². The number of hydrogen-bond acceptors (Lipinski definition) is 6. The highest BCUT2D eigenvalue weighted by molar-refractivity contribution is 7.92. The predicted octanol–water partition coefficient (Wildman–Crippen LogP) is 6.07. The third-order valence-corrected chi connectivity index (χ3v) is 10.1. The standard InChI is InChI=1S/C32H37Cl2N3O6S/c1-4-28(32(39)35-24-10-8-9-11-24)36(20-22-14-15-23(33)18-27(22)34)31(38)21-37(44(40,41)26-12-6-5-7-13-26)29-19-25(42-2)16-17-30(29)43-3/h5-7,12-19,24,28H,4,8-11,20-21H2,1-3H3,(H,35,39)/t28-/m0/s1. The lowest BCUT2D eigenvalue weighted by Gasteiger charge is -2.34. The number of hydrogen-bond donors (Lipinski definition) is 1. The van der Waals surface area contributed by atoms with E-state index in [1.165, 1.54) is 37.3 Å². The van der Waals surface area contributed by atoms with Gasteiger partial charge in [-0.15, -0.1) is 0 Å². The van der Waals surface area contributed by atoms with E-state index in [1.54, 1.807) is 48.5 Å². The number of rotatable bonds is 13. The number of amides is 2. The Bertz CT molecular complexity index is 1570. The van der Waals surface area contributed by atoms with E-state index in [0.717, 1.165) is 30.0 Å². The van der Waals surface area contributed by atoms with E-state index in [2.05, 4.69) is 5.32 Å². The van der Waals surface area contributed by atoms with Crippen LogP contribution in [-0.4, -0.2) is 58.0 Å². The van der Waals surface area contributed by atoms with Crippen LogP contribution in [0.15, 0.2) is 71.6 Å². The van der Waals surface area contributed by atoms with Gasteiger partial charge in [-0.1, -0.05) is 67.2 Å². The van der Waals surface area contributed by atoms with E-state index in [4.69, 9.17) is 32.7 Å². The molecule has 0 heterocycles. The minimum atomic E-state index is -4.29. The molecule has 1 saturated carbocycles. The summed E-state index contributed by atoms with van der Waals surface area (Å²) in [5.74, 6) is -0.312. The highest BCUT2D eigenvalue weighted by atomic mass is 35.5. The number of carbonyl (C=O) groups is 2. The lowest BCUT2D eigenvalue weighted by molar-refractivity contribution is -0.140. The van der Waals surface area contributed by atoms with Crippen LogP contribution in [0.3, 0.4) is 0 Å². The lowest BCUT2D eigenvalue weighted by Crippen LogP contribution is -2.53. The third kappa shape index (κ3) is 7.78. The number of methoxy groups -OCH3 is 2. The van der Waals surface area contributed by atoms with E-state index in [0.29, 0.717) is 27.8 Å². The maximum Gasteiger partial charge on any atom is 0.264 e. The van der Waals surface area contributed by atoms with Crippen LogP contribution in [0.2, 0.25) is 10.0 Å². The number of anilines is 1. The highest BCUT2D eigenvalue weighted by Gasteiger charge is 2.36. The second-order valence-corrected chi connectivity index (χ2v) is 13.2. The van der Waals surface area contributed by atoms with Crippen LogP contribution in [0.25, 0.3) is 0 Å². The summed E-state index contributed by atoms with van der Waals surface area (Å²) >= 11 is 12.6. The summed E-state index contributed by atoms with van der Waals surface area (Å²) < 4.78 is 40.2. The fraction of sp³-hybridized carbons (Fsp3) is 0.375. The Labute approximate surface area is 269 Å². The van der Waals surface area contributed by atoms with E-state index < -0.39 is 28.5 Å². The minimum Gasteiger partial charge on any atom is -0.497 e. The summed E-state index contributed by atoms with van der Waals surface area (Å²) in [5, 5.41) is 3.84. The first-order valence-electron chi connectivity index (χ1n) is 14.4. The third-order valence-electron chi connectivity index (χ3n) is 7.71. The van der Waals surface area contributed by atoms with Gasteiger partial charge in [0.1, 0.15) is 24.1 Å². The molecule has 44 heavy (non-hydrogen) atoms. The number of sulfonamides is 1. The van der Waals surface area contributed by atoms with Crippen molar-refractivity contribution in [3.63, 3.8) is 0 Å². The molecule has 4 rings (SSSR count). The average molecular weight is 663 g/mol. The van der Waals surface area contributed by atoms with Crippen LogP contribution in [-0.2, 0) is 26.2 Å². The Balaban J connectivity index is 1.79. The second kappa shape index (κ2) is 15.0. The second-order valence-electron chi connectivity index (χ2n) is 10.5. The summed E-state index contributed by atoms with van der Waals surface area (Å²) in [6.45, 7) is 1.14. The number of nitrogens with zero attached hydrogens (tertiary/aromatic N) is 2. The van der Waals surface area contributed by atoms with Gasteiger partial charge in [0.05, 0.1) is 24.8 Å². The number of halogens is 2. The van der Waals surface area contributed by atoms with Crippen LogP contribution in [0.4, 0.5) is 5.69 Å². The number of carbonyl (C=O) groups excluding carboxylic acids is 2. The SMILES string of the molecule is CC[C@@H](C(=O)NC1CCCC1)N(Cc1ccc(Cl)cc1Cl)C(=O)CN(c1cc(OC)ccc1OC)S(=O)(=O)c1ccccc1. The zero-order valence-corrected chi connectivity index (χ0v) is 27.3. The van der Waals surface area contributed by atoms with Gasteiger partial charge in [0.25, 0.3) is 10.0 Å². The van der Waals surface area contributed by atoms with Gasteiger partial charge in [0.15, 0.2) is 0 Å². The van der Waals surface area contributed by atoms with Gasteiger partial charge in [-0.25, -0.2) is 8.42 Å². The van der Waals surface area contributed by atoms with Crippen molar-refractivity contribution in [1.29, 1.82) is 0 Å². The molecule has 236 valence electrons. The molecular formula is C32H37Cl2N3O6S. The van der Waals surface area contributed by atoms with Gasteiger partial charge in [0.2, 0.25) is 11.8 Å². The van der Waals surface area contributed by atoms with Crippen molar-refractivity contribution >= 4 is 50.7 Å². The van der Waals surface area contributed by atoms with E-state index in [-0.39, 0.29) is 34.8 Å². The van der Waals surface area contributed by atoms with Crippen molar-refractivity contribution in [3.05, 3.63) is 82.3 Å². The average Bonchev–Trinajstić information content (AvgIpc) is 3.53. The molecule has 1 atom stereocenters. The molecule has 0 unspecified atom stereocenters. The number of ether oxygens (including phenoxy) is 2. The van der Waals surface area contributed by atoms with E-state index in [9.17, 15) is 18.0 Å². The van der Waals surface area contributed by atoms with Crippen molar-refractivity contribution < 1.29 is 27.5 Å². The molecule has 3 aromatic rings. The molecule has 0 bridgehead atoms. The summed E-state index contributed by atoms with van der Waals surface area (Å²) in [7, 11) is -1.42. The molecule has 1 aliphatic carbocycles. The summed E-state index contributed by atoms with van der Waals surface area (Å²) in [5.41, 5.74) is 0.671. The van der Waals surface area contributed by atoms with Crippen molar-refractivity contribution in [2.24, 2.45) is 0 Å². The van der Waals surface area contributed by atoms with Gasteiger partial charge in [-0.05, 0) is 61.2 Å². The Morgan fingerprint density at radius 3 is 2.30 bits per heavy atom. The molecule has 2 amide bonds. The molecule has 12 heteroatoms. The summed E-state index contributed by atoms with van der Waals surface area (Å²) in [4.78, 5) is 29.4. The Hall–Kier alpha value is -3.47. The quantitative estimate of drug-likeness (QED) is 0.238. The fourth-order valence-electron chi connectivity index (χ4n) is 5.35. The van der Waals surface area contributed by atoms with Gasteiger partial charge < -0.3 is 19.7 Å². The molecule has 9 nitrogen and oxygen atoms in total. The van der Waals surface area contributed by atoms with Gasteiger partial charge >= 0.3 is 0 Å². The molecule has 0 saturated heterocycles. The van der Waals surface area contributed by atoms with Gasteiger partial charge in [0, 0.05) is 28.7 Å². The van der Waals surface area contributed by atoms with E-state index >= 15 is 0 Å². The van der Waals surface area contributed by atoms with Crippen LogP contribution in [0, 0.1) is 0 Å². The molecule has 3 aromatic carbocycles. The normalized spacial score (nSPS) is 14.1. The van der Waals surface area contributed by atoms with Crippen molar-refractivity contribution in [1.82, 2.24) is 10.2 Å². The first-order valence-corrected chi connectivity index (χ1v) is 16.6. The van der Waals surface area contributed by atoms with Crippen LogP contribution < -0.4 is 19.1 Å². The smallest absolute Gasteiger partial charge is 0.264 e. The van der Waals surface area contributed by atoms with Crippen LogP contribution >= 0.6 is 23.2 Å². The summed E-state index contributed by atoms with van der Waals surface area (Å²) in [6, 6.07) is 16.6. The zero-order chi connectivity index (χ0) is 31.9. The topological polar surface area (TPSA) is 105 Å². The first-order chi connectivity index (χ1) is 21.1. The number of nitrogens with one attached hydrogen (secondary N) is 1. The largest absolute Gasteiger partial charge is 0.497 e.